The van der Waals surface area contributed by atoms with Crippen LogP contribution in [0, 0.1) is 5.82 Å². The molecule has 2 aromatic rings. The number of hydrogen-bond acceptors (Lipinski definition) is 4. The van der Waals surface area contributed by atoms with Crippen LogP contribution in [-0.4, -0.2) is 33.7 Å². The molecule has 170 valence electrons. The lowest BCUT2D eigenvalue weighted by molar-refractivity contribution is -0.129. The number of anilines is 1. The van der Waals surface area contributed by atoms with Gasteiger partial charge in [-0.1, -0.05) is 66.4 Å². The van der Waals surface area contributed by atoms with Crippen LogP contribution in [0.4, 0.5) is 15.8 Å². The molecule has 5 nitrogen and oxygen atoms in total. The molecule has 2 aromatic carbocycles. The van der Waals surface area contributed by atoms with Crippen molar-refractivity contribution in [2.45, 2.75) is 50.7 Å². The first-order chi connectivity index (χ1) is 15.5. The van der Waals surface area contributed by atoms with Crippen LogP contribution in [-0.2, 0) is 9.59 Å². The van der Waals surface area contributed by atoms with Crippen molar-refractivity contribution < 1.29 is 14.0 Å². The Labute approximate surface area is 201 Å². The quantitative estimate of drug-likeness (QED) is 0.383. The molecule has 1 unspecified atom stereocenters. The normalized spacial score (nSPS) is 17.6. The molecule has 1 aliphatic heterocycles. The number of nitrogens with zero attached hydrogens (tertiary/aromatic N) is 2. The number of hydrogen-bond donors (Lipinski definition) is 1. The van der Waals surface area contributed by atoms with Gasteiger partial charge in [-0.05, 0) is 48.9 Å². The first-order valence-corrected chi connectivity index (χ1v) is 12.5. The fourth-order valence-electron chi connectivity index (χ4n) is 3.35. The van der Waals surface area contributed by atoms with Crippen molar-refractivity contribution in [3.63, 3.8) is 0 Å². The molecular formula is C24H27BrFN3O2S. The Morgan fingerprint density at radius 3 is 2.66 bits per heavy atom. The molecule has 2 amide bonds. The molecular weight excluding hydrogens is 493 g/mol. The van der Waals surface area contributed by atoms with E-state index < -0.39 is 5.25 Å². The third kappa shape index (κ3) is 7.17. The van der Waals surface area contributed by atoms with Crippen molar-refractivity contribution in [3.8, 4) is 0 Å². The summed E-state index contributed by atoms with van der Waals surface area (Å²) in [7, 11) is 0. The summed E-state index contributed by atoms with van der Waals surface area (Å²) in [6.45, 7) is 2.73. The van der Waals surface area contributed by atoms with E-state index in [1.165, 1.54) is 30.3 Å². The Bertz CT molecular complexity index is 968. The average Bonchev–Trinajstić information content (AvgIpc) is 2.76. The van der Waals surface area contributed by atoms with E-state index in [-0.39, 0.29) is 24.1 Å². The van der Waals surface area contributed by atoms with Crippen LogP contribution in [0.3, 0.4) is 0 Å². The number of carbonyl (C=O) groups excluding carboxylic acids is 2. The van der Waals surface area contributed by atoms with Crippen molar-refractivity contribution in [3.05, 3.63) is 58.8 Å². The number of aliphatic imine (C=N–C) groups is 1. The number of benzene rings is 2. The highest BCUT2D eigenvalue weighted by atomic mass is 79.9. The number of amides is 2. The summed E-state index contributed by atoms with van der Waals surface area (Å²) >= 11 is 4.67. The summed E-state index contributed by atoms with van der Waals surface area (Å²) in [6.07, 6.45) is 5.50. The van der Waals surface area contributed by atoms with Crippen molar-refractivity contribution in [2.24, 2.45) is 4.99 Å². The van der Waals surface area contributed by atoms with Gasteiger partial charge in [0.25, 0.3) is 0 Å². The van der Waals surface area contributed by atoms with Gasteiger partial charge in [-0.3, -0.25) is 14.5 Å². The summed E-state index contributed by atoms with van der Waals surface area (Å²) < 4.78 is 14.2. The van der Waals surface area contributed by atoms with E-state index in [9.17, 15) is 14.0 Å². The van der Waals surface area contributed by atoms with Crippen LogP contribution in [0.15, 0.2) is 58.0 Å². The molecule has 0 radical (unpaired) electrons. The molecule has 32 heavy (non-hydrogen) atoms. The Morgan fingerprint density at radius 1 is 1.19 bits per heavy atom. The number of carbonyl (C=O) groups is 2. The monoisotopic (exact) mass is 519 g/mol. The molecule has 0 aliphatic carbocycles. The molecule has 0 aromatic heterocycles. The van der Waals surface area contributed by atoms with Crippen LogP contribution in [0.1, 0.15) is 45.4 Å². The number of rotatable bonds is 9. The van der Waals surface area contributed by atoms with Crippen molar-refractivity contribution in [2.75, 3.05) is 11.9 Å². The Balaban J connectivity index is 1.75. The summed E-state index contributed by atoms with van der Waals surface area (Å²) in [6, 6.07) is 13.1. The Hall–Kier alpha value is -2.19. The molecule has 8 heteroatoms. The fraction of sp³-hybridized carbons (Fsp3) is 0.375. The second-order valence-electron chi connectivity index (χ2n) is 7.64. The van der Waals surface area contributed by atoms with Gasteiger partial charge in [-0.2, -0.15) is 0 Å². The maximum atomic E-state index is 13.3. The molecule has 1 N–H and O–H groups in total. The zero-order valence-corrected chi connectivity index (χ0v) is 20.4. The number of amidine groups is 1. The molecule has 0 saturated carbocycles. The van der Waals surface area contributed by atoms with Gasteiger partial charge in [0.05, 0.1) is 5.69 Å². The summed E-state index contributed by atoms with van der Waals surface area (Å²) in [5, 5.41) is 2.78. The fourth-order valence-corrected chi connectivity index (χ4v) is 4.87. The molecule has 0 bridgehead atoms. The average molecular weight is 520 g/mol. The highest BCUT2D eigenvalue weighted by Crippen LogP contribution is 2.30. The molecule has 3 rings (SSSR count). The number of halogens is 2. The molecule has 1 saturated heterocycles. The predicted molar refractivity (Wildman–Crippen MR) is 133 cm³/mol. The van der Waals surface area contributed by atoms with Gasteiger partial charge in [0.1, 0.15) is 11.1 Å². The summed E-state index contributed by atoms with van der Waals surface area (Å²) in [4.78, 5) is 32.1. The van der Waals surface area contributed by atoms with Crippen LogP contribution in [0.25, 0.3) is 0 Å². The lowest BCUT2D eigenvalue weighted by Gasteiger charge is -2.32. The molecule has 1 aliphatic rings. The lowest BCUT2D eigenvalue weighted by atomic mass is 10.1. The topological polar surface area (TPSA) is 61.8 Å². The molecule has 1 atom stereocenters. The van der Waals surface area contributed by atoms with Crippen molar-refractivity contribution in [1.29, 1.82) is 0 Å². The van der Waals surface area contributed by atoms with E-state index >= 15 is 0 Å². The second kappa shape index (κ2) is 12.2. The number of unbranched alkanes of at least 4 members (excludes halogenated alkanes) is 4. The first-order valence-electron chi connectivity index (χ1n) is 10.8. The molecule has 1 heterocycles. The van der Waals surface area contributed by atoms with E-state index in [1.807, 2.05) is 18.2 Å². The van der Waals surface area contributed by atoms with Gasteiger partial charge in [0.2, 0.25) is 11.8 Å². The van der Waals surface area contributed by atoms with Crippen LogP contribution in [0.2, 0.25) is 0 Å². The van der Waals surface area contributed by atoms with Gasteiger partial charge in [-0.25, -0.2) is 9.38 Å². The molecule has 0 spiro atoms. The second-order valence-corrected chi connectivity index (χ2v) is 9.73. The third-order valence-corrected chi connectivity index (χ3v) is 6.74. The van der Waals surface area contributed by atoms with Crippen LogP contribution in [0.5, 0.6) is 0 Å². The van der Waals surface area contributed by atoms with Gasteiger partial charge in [0.15, 0.2) is 5.17 Å². The van der Waals surface area contributed by atoms with Crippen molar-refractivity contribution >= 4 is 56.0 Å². The first kappa shape index (κ1) is 24.5. The van der Waals surface area contributed by atoms with E-state index in [1.54, 1.807) is 23.1 Å². The van der Waals surface area contributed by atoms with E-state index in [4.69, 9.17) is 0 Å². The SMILES string of the molecule is CCCCCCCN1C(=O)CC(C(=O)Nc2cccc(Br)c2)SC1=Nc1ccc(F)cc1. The zero-order valence-electron chi connectivity index (χ0n) is 18.0. The predicted octanol–water partition coefficient (Wildman–Crippen LogP) is 6.52. The Kier molecular flexibility index (Phi) is 9.29. The highest BCUT2D eigenvalue weighted by molar-refractivity contribution is 9.10. The minimum absolute atomic E-state index is 0.113. The maximum Gasteiger partial charge on any atom is 0.238 e. The van der Waals surface area contributed by atoms with Gasteiger partial charge in [-0.15, -0.1) is 0 Å². The molecule has 1 fully saturated rings. The summed E-state index contributed by atoms with van der Waals surface area (Å²) in [5.41, 5.74) is 1.21. The van der Waals surface area contributed by atoms with Gasteiger partial charge in [0, 0.05) is 23.1 Å². The van der Waals surface area contributed by atoms with Gasteiger partial charge >= 0.3 is 0 Å². The highest BCUT2D eigenvalue weighted by Gasteiger charge is 2.35. The van der Waals surface area contributed by atoms with E-state index in [0.29, 0.717) is 23.1 Å². The smallest absolute Gasteiger partial charge is 0.238 e. The minimum atomic E-state index is -0.586. The van der Waals surface area contributed by atoms with Gasteiger partial charge < -0.3 is 5.32 Å². The number of thioether (sulfide) groups is 1. The van der Waals surface area contributed by atoms with Crippen LogP contribution < -0.4 is 5.32 Å². The van der Waals surface area contributed by atoms with Crippen LogP contribution >= 0.6 is 27.7 Å². The summed E-state index contributed by atoms with van der Waals surface area (Å²) in [5.74, 6) is -0.703. The maximum absolute atomic E-state index is 13.3. The third-order valence-electron chi connectivity index (χ3n) is 5.06. The minimum Gasteiger partial charge on any atom is -0.325 e. The largest absolute Gasteiger partial charge is 0.325 e. The van der Waals surface area contributed by atoms with E-state index in [0.717, 1.165) is 30.2 Å². The Morgan fingerprint density at radius 2 is 1.94 bits per heavy atom. The van der Waals surface area contributed by atoms with E-state index in [2.05, 4.69) is 33.2 Å². The van der Waals surface area contributed by atoms with Crippen molar-refractivity contribution in [1.82, 2.24) is 4.90 Å². The zero-order chi connectivity index (χ0) is 22.9. The number of nitrogens with one attached hydrogen (secondary N) is 1. The standard InChI is InChI=1S/C24H27BrFN3O2S/c1-2-3-4-5-6-14-29-22(30)16-21(23(31)27-20-9-7-8-17(25)15-20)32-24(29)28-19-12-10-18(26)11-13-19/h7-13,15,21H,2-6,14,16H2,1H3,(H,27,31). The lowest BCUT2D eigenvalue weighted by Crippen LogP contribution is -2.45.